The standard InChI is InChI=1S/C51H31N3OS/c1-4-15-32(16-5-1)38-29-30-40(48-45(38)41-23-10-11-28-44(41)56-48)39-25-14-27-43-47(39)46-37(24-13-26-42(46)55-43)35-21-12-22-36(31-35)51-53-49(33-17-6-2-7-18-33)52-50(54-51)34-19-8-3-9-20-34/h1-31H. The van der Waals surface area contributed by atoms with Crippen LogP contribution in [0.25, 0.3) is 110 Å². The highest BCUT2D eigenvalue weighted by atomic mass is 32.1. The fraction of sp³-hybridized carbons (Fsp3) is 0. The number of fused-ring (bicyclic) bond motifs is 6. The van der Waals surface area contributed by atoms with E-state index in [1.165, 1.54) is 36.9 Å². The minimum atomic E-state index is 0.620. The van der Waals surface area contributed by atoms with Gasteiger partial charge in [-0.3, -0.25) is 0 Å². The summed E-state index contributed by atoms with van der Waals surface area (Å²) in [6, 6.07) is 65.5. The highest BCUT2D eigenvalue weighted by Gasteiger charge is 2.21. The van der Waals surface area contributed by atoms with Crippen LogP contribution in [0.15, 0.2) is 192 Å². The first-order chi connectivity index (χ1) is 27.8. The van der Waals surface area contributed by atoms with Gasteiger partial charge in [0.1, 0.15) is 11.2 Å². The third-order valence-corrected chi connectivity index (χ3v) is 11.8. The summed E-state index contributed by atoms with van der Waals surface area (Å²) in [4.78, 5) is 15.0. The van der Waals surface area contributed by atoms with E-state index in [0.717, 1.165) is 55.3 Å². The molecule has 0 unspecified atom stereocenters. The summed E-state index contributed by atoms with van der Waals surface area (Å²) in [5.74, 6) is 1.90. The Kier molecular flexibility index (Phi) is 7.64. The van der Waals surface area contributed by atoms with E-state index in [0.29, 0.717) is 17.5 Å². The van der Waals surface area contributed by atoms with Crippen molar-refractivity contribution in [1.82, 2.24) is 15.0 Å². The smallest absolute Gasteiger partial charge is 0.164 e. The van der Waals surface area contributed by atoms with E-state index in [1.54, 1.807) is 0 Å². The van der Waals surface area contributed by atoms with Gasteiger partial charge in [-0.1, -0.05) is 164 Å². The number of rotatable bonds is 6. The minimum Gasteiger partial charge on any atom is -0.456 e. The number of hydrogen-bond acceptors (Lipinski definition) is 5. The molecule has 0 atom stereocenters. The molecule has 0 aliphatic carbocycles. The first kappa shape index (κ1) is 32.2. The molecule has 0 fully saturated rings. The third-order valence-electron chi connectivity index (χ3n) is 10.6. The van der Waals surface area contributed by atoms with Crippen molar-refractivity contribution in [3.63, 3.8) is 0 Å². The van der Waals surface area contributed by atoms with Crippen molar-refractivity contribution in [2.75, 3.05) is 0 Å². The van der Waals surface area contributed by atoms with Crippen molar-refractivity contribution >= 4 is 53.4 Å². The lowest BCUT2D eigenvalue weighted by molar-refractivity contribution is 0.669. The first-order valence-electron chi connectivity index (χ1n) is 18.7. The lowest BCUT2D eigenvalue weighted by Crippen LogP contribution is -2.00. The average Bonchev–Trinajstić information content (AvgIpc) is 3.86. The van der Waals surface area contributed by atoms with Crippen molar-refractivity contribution in [3.8, 4) is 67.5 Å². The zero-order chi connectivity index (χ0) is 37.0. The van der Waals surface area contributed by atoms with Crippen molar-refractivity contribution < 1.29 is 4.42 Å². The van der Waals surface area contributed by atoms with Gasteiger partial charge in [0.05, 0.1) is 0 Å². The summed E-state index contributed by atoms with van der Waals surface area (Å²) in [5.41, 5.74) is 11.5. The molecule has 0 bridgehead atoms. The normalized spacial score (nSPS) is 11.6. The van der Waals surface area contributed by atoms with E-state index < -0.39 is 0 Å². The Labute approximate surface area is 327 Å². The van der Waals surface area contributed by atoms with Crippen LogP contribution < -0.4 is 0 Å². The van der Waals surface area contributed by atoms with E-state index in [1.807, 2.05) is 72.0 Å². The Hall–Kier alpha value is -7.21. The zero-order valence-electron chi connectivity index (χ0n) is 30.1. The van der Waals surface area contributed by atoms with Crippen molar-refractivity contribution in [2.24, 2.45) is 0 Å². The Bertz CT molecular complexity index is 3180. The van der Waals surface area contributed by atoms with Crippen LogP contribution in [0.4, 0.5) is 0 Å². The molecule has 56 heavy (non-hydrogen) atoms. The van der Waals surface area contributed by atoms with Crippen LogP contribution in [0.3, 0.4) is 0 Å². The molecule has 0 spiro atoms. The number of furan rings is 1. The fourth-order valence-electron chi connectivity index (χ4n) is 7.99. The fourth-order valence-corrected chi connectivity index (χ4v) is 9.25. The molecule has 3 aromatic heterocycles. The number of nitrogens with zero attached hydrogens (tertiary/aromatic N) is 3. The molecular weight excluding hydrogens is 703 g/mol. The van der Waals surface area contributed by atoms with Crippen molar-refractivity contribution in [2.45, 2.75) is 0 Å². The Morgan fingerprint density at radius 2 is 0.821 bits per heavy atom. The number of hydrogen-bond donors (Lipinski definition) is 0. The highest BCUT2D eigenvalue weighted by Crippen LogP contribution is 2.48. The Morgan fingerprint density at radius 3 is 1.50 bits per heavy atom. The van der Waals surface area contributed by atoms with Crippen LogP contribution in [-0.4, -0.2) is 15.0 Å². The maximum atomic E-state index is 6.66. The number of aromatic nitrogens is 3. The quantitative estimate of drug-likeness (QED) is 0.171. The lowest BCUT2D eigenvalue weighted by atomic mass is 9.91. The topological polar surface area (TPSA) is 51.8 Å². The van der Waals surface area contributed by atoms with E-state index in [4.69, 9.17) is 19.4 Å². The monoisotopic (exact) mass is 733 g/mol. The minimum absolute atomic E-state index is 0.620. The third kappa shape index (κ3) is 5.40. The first-order valence-corrected chi connectivity index (χ1v) is 19.5. The van der Waals surface area contributed by atoms with Gasteiger partial charge in [0.25, 0.3) is 0 Å². The molecule has 0 amide bonds. The maximum absolute atomic E-state index is 6.66. The molecule has 0 saturated heterocycles. The average molecular weight is 734 g/mol. The Morgan fingerprint density at radius 1 is 0.339 bits per heavy atom. The number of thiophene rings is 1. The van der Waals surface area contributed by atoms with Crippen LogP contribution in [0, 0.1) is 0 Å². The molecule has 11 aromatic rings. The van der Waals surface area contributed by atoms with Crippen LogP contribution in [0.5, 0.6) is 0 Å². The maximum Gasteiger partial charge on any atom is 0.164 e. The molecule has 11 rings (SSSR count). The second-order valence-corrected chi connectivity index (χ2v) is 15.0. The van der Waals surface area contributed by atoms with E-state index >= 15 is 0 Å². The molecule has 0 N–H and O–H groups in total. The van der Waals surface area contributed by atoms with Gasteiger partial charge < -0.3 is 4.42 Å². The lowest BCUT2D eigenvalue weighted by Gasteiger charge is -2.12. The molecule has 0 saturated carbocycles. The summed E-state index contributed by atoms with van der Waals surface area (Å²) < 4.78 is 9.20. The molecule has 0 aliphatic heterocycles. The van der Waals surface area contributed by atoms with Crippen LogP contribution in [-0.2, 0) is 0 Å². The summed E-state index contributed by atoms with van der Waals surface area (Å²) in [6.45, 7) is 0. The van der Waals surface area contributed by atoms with Crippen molar-refractivity contribution in [3.05, 3.63) is 188 Å². The molecule has 0 radical (unpaired) electrons. The summed E-state index contributed by atoms with van der Waals surface area (Å²) >= 11 is 1.86. The van der Waals surface area contributed by atoms with Gasteiger partial charge in [-0.25, -0.2) is 15.0 Å². The highest BCUT2D eigenvalue weighted by molar-refractivity contribution is 7.26. The van der Waals surface area contributed by atoms with E-state index in [9.17, 15) is 0 Å². The molecule has 3 heterocycles. The second kappa shape index (κ2) is 13.3. The van der Waals surface area contributed by atoms with Gasteiger partial charge in [-0.2, -0.15) is 0 Å². The predicted molar refractivity (Wildman–Crippen MR) is 233 cm³/mol. The predicted octanol–water partition coefficient (Wildman–Crippen LogP) is 14.1. The van der Waals surface area contributed by atoms with Gasteiger partial charge in [-0.15, -0.1) is 11.3 Å². The largest absolute Gasteiger partial charge is 0.456 e. The molecule has 0 aliphatic rings. The van der Waals surface area contributed by atoms with E-state index in [-0.39, 0.29) is 0 Å². The van der Waals surface area contributed by atoms with Crippen LogP contribution >= 0.6 is 11.3 Å². The second-order valence-electron chi connectivity index (χ2n) is 13.9. The Balaban J connectivity index is 1.11. The summed E-state index contributed by atoms with van der Waals surface area (Å²) in [7, 11) is 0. The van der Waals surface area contributed by atoms with Crippen LogP contribution in [0.2, 0.25) is 0 Å². The molecule has 262 valence electrons. The summed E-state index contributed by atoms with van der Waals surface area (Å²) in [5, 5.41) is 4.75. The zero-order valence-corrected chi connectivity index (χ0v) is 30.9. The molecule has 4 nitrogen and oxygen atoms in total. The number of benzene rings is 8. The van der Waals surface area contributed by atoms with Gasteiger partial charge in [0.2, 0.25) is 0 Å². The van der Waals surface area contributed by atoms with Gasteiger partial charge in [0.15, 0.2) is 17.5 Å². The van der Waals surface area contributed by atoms with Crippen LogP contribution in [0.1, 0.15) is 0 Å². The molecule has 5 heteroatoms. The molecular formula is C51H31N3OS. The summed E-state index contributed by atoms with van der Waals surface area (Å²) in [6.07, 6.45) is 0. The van der Waals surface area contributed by atoms with Gasteiger partial charge in [-0.05, 0) is 52.1 Å². The SMILES string of the molecule is c1ccc(-c2nc(-c3ccccc3)nc(-c3cccc(-c4cccc5oc6cccc(-c7ccc(-c8ccccc8)c8c7sc7ccccc78)c6c45)c3)n2)cc1. The molecule has 8 aromatic carbocycles. The van der Waals surface area contributed by atoms with Gasteiger partial charge in [0, 0.05) is 53.2 Å². The van der Waals surface area contributed by atoms with E-state index in [2.05, 4.69) is 127 Å². The van der Waals surface area contributed by atoms with Crippen molar-refractivity contribution in [1.29, 1.82) is 0 Å². The van der Waals surface area contributed by atoms with Gasteiger partial charge >= 0.3 is 0 Å².